The number of anilines is 1. The van der Waals surface area contributed by atoms with Crippen LogP contribution in [-0.2, 0) is 4.79 Å². The molecule has 0 aliphatic rings. The second-order valence-corrected chi connectivity index (χ2v) is 3.99. The van der Waals surface area contributed by atoms with Crippen LogP contribution >= 0.6 is 15.9 Å². The third kappa shape index (κ3) is 2.30. The van der Waals surface area contributed by atoms with E-state index in [-0.39, 0.29) is 5.91 Å². The van der Waals surface area contributed by atoms with Gasteiger partial charge in [0, 0.05) is 23.0 Å². The van der Waals surface area contributed by atoms with Crippen LogP contribution in [0.3, 0.4) is 0 Å². The van der Waals surface area contributed by atoms with Gasteiger partial charge in [0.1, 0.15) is 0 Å². The Morgan fingerprint density at radius 1 is 1.47 bits per heavy atom. The normalized spacial score (nSPS) is 10.3. The molecule has 0 atom stereocenters. The van der Waals surface area contributed by atoms with E-state index in [0.717, 1.165) is 15.4 Å². The summed E-state index contributed by atoms with van der Waals surface area (Å²) in [5.41, 5.74) is 0.803. The van der Waals surface area contributed by atoms with Gasteiger partial charge in [0.25, 0.3) is 0 Å². The van der Waals surface area contributed by atoms with Crippen LogP contribution in [0.15, 0.2) is 28.9 Å². The molecular weight excluding hydrogens is 258 g/mol. The summed E-state index contributed by atoms with van der Waals surface area (Å²) in [6, 6.07) is 5.69. The molecule has 0 saturated carbocycles. The van der Waals surface area contributed by atoms with Crippen LogP contribution < -0.4 is 5.32 Å². The fourth-order valence-corrected chi connectivity index (χ4v) is 1.60. The van der Waals surface area contributed by atoms with Gasteiger partial charge in [-0.1, -0.05) is 15.9 Å². The summed E-state index contributed by atoms with van der Waals surface area (Å²) in [5.74, 6) is 0.156. The van der Waals surface area contributed by atoms with E-state index in [1.54, 1.807) is 6.20 Å². The highest BCUT2D eigenvalue weighted by Gasteiger charge is 2.01. The van der Waals surface area contributed by atoms with Crippen molar-refractivity contribution in [1.29, 1.82) is 0 Å². The molecule has 0 aliphatic heterocycles. The maximum atomic E-state index is 10.8. The number of carbonyl (C=O) groups is 1. The average Bonchev–Trinajstić information content (AvgIpc) is 2.17. The molecule has 4 nitrogen and oxygen atoms in total. The van der Waals surface area contributed by atoms with E-state index in [4.69, 9.17) is 0 Å². The Bertz CT molecular complexity index is 527. The largest absolute Gasteiger partial charge is 0.295 e. The highest BCUT2D eigenvalue weighted by molar-refractivity contribution is 9.10. The Morgan fingerprint density at radius 3 is 3.00 bits per heavy atom. The van der Waals surface area contributed by atoms with Gasteiger partial charge in [0.05, 0.1) is 5.52 Å². The molecule has 0 fully saturated rings. The van der Waals surface area contributed by atoms with Crippen molar-refractivity contribution in [3.63, 3.8) is 0 Å². The minimum Gasteiger partial charge on any atom is -0.295 e. The zero-order chi connectivity index (χ0) is 10.8. The number of aromatic nitrogens is 2. The maximum absolute atomic E-state index is 10.8. The second-order valence-electron chi connectivity index (χ2n) is 3.08. The highest BCUT2D eigenvalue weighted by atomic mass is 79.9. The molecule has 1 N–H and O–H groups in total. The van der Waals surface area contributed by atoms with E-state index in [9.17, 15) is 4.79 Å². The van der Waals surface area contributed by atoms with E-state index in [0.29, 0.717) is 5.95 Å². The van der Waals surface area contributed by atoms with Crippen LogP contribution in [0, 0.1) is 0 Å². The SMILES string of the molecule is CC(=O)Nc1ncc2cc(Br)ccc2n1. The zero-order valence-electron chi connectivity index (χ0n) is 7.99. The maximum Gasteiger partial charge on any atom is 0.229 e. The summed E-state index contributed by atoms with van der Waals surface area (Å²) in [5, 5.41) is 3.47. The van der Waals surface area contributed by atoms with Crippen molar-refractivity contribution < 1.29 is 4.79 Å². The molecule has 0 spiro atoms. The van der Waals surface area contributed by atoms with Gasteiger partial charge in [-0.15, -0.1) is 0 Å². The molecule has 1 aromatic carbocycles. The molecule has 0 unspecified atom stereocenters. The van der Waals surface area contributed by atoms with E-state index < -0.39 is 0 Å². The van der Waals surface area contributed by atoms with E-state index in [1.807, 2.05) is 18.2 Å². The predicted octanol–water partition coefficient (Wildman–Crippen LogP) is 2.35. The van der Waals surface area contributed by atoms with Crippen molar-refractivity contribution in [2.24, 2.45) is 0 Å². The van der Waals surface area contributed by atoms with Gasteiger partial charge in [0.15, 0.2) is 0 Å². The van der Waals surface area contributed by atoms with Gasteiger partial charge in [-0.3, -0.25) is 10.1 Å². The summed E-state index contributed by atoms with van der Waals surface area (Å²) in [6.45, 7) is 1.43. The molecule has 15 heavy (non-hydrogen) atoms. The fraction of sp³-hybridized carbons (Fsp3) is 0.100. The summed E-state index contributed by atoms with van der Waals surface area (Å²) in [7, 11) is 0. The second kappa shape index (κ2) is 3.94. The van der Waals surface area contributed by atoms with Gasteiger partial charge in [-0.2, -0.15) is 0 Å². The van der Waals surface area contributed by atoms with Crippen molar-refractivity contribution >= 4 is 38.7 Å². The standard InChI is InChI=1S/C10H8BrN3O/c1-6(15)13-10-12-5-7-4-8(11)2-3-9(7)14-10/h2-5H,1H3,(H,12,13,14,15). The number of carbonyl (C=O) groups excluding carboxylic acids is 1. The molecule has 2 rings (SSSR count). The first kappa shape index (κ1) is 10.0. The summed E-state index contributed by atoms with van der Waals surface area (Å²) in [6.07, 6.45) is 1.68. The molecule has 2 aromatic rings. The van der Waals surface area contributed by atoms with Gasteiger partial charge in [-0.05, 0) is 18.2 Å². The minimum atomic E-state index is -0.175. The third-order valence-corrected chi connectivity index (χ3v) is 2.32. The summed E-state index contributed by atoms with van der Waals surface area (Å²) < 4.78 is 0.978. The number of halogens is 1. The van der Waals surface area contributed by atoms with Crippen molar-refractivity contribution in [3.8, 4) is 0 Å². The Hall–Kier alpha value is -1.49. The Balaban J connectivity index is 2.47. The Kier molecular flexibility index (Phi) is 2.64. The first-order chi connectivity index (χ1) is 7.15. The molecule has 1 aromatic heterocycles. The molecule has 0 saturated heterocycles. The van der Waals surface area contributed by atoms with Crippen molar-refractivity contribution in [2.45, 2.75) is 6.92 Å². The smallest absolute Gasteiger partial charge is 0.229 e. The number of hydrogen-bond acceptors (Lipinski definition) is 3. The lowest BCUT2D eigenvalue weighted by Gasteiger charge is -2.01. The van der Waals surface area contributed by atoms with E-state index >= 15 is 0 Å². The first-order valence-corrected chi connectivity index (χ1v) is 5.14. The lowest BCUT2D eigenvalue weighted by molar-refractivity contribution is -0.114. The number of hydrogen-bond donors (Lipinski definition) is 1. The van der Waals surface area contributed by atoms with Crippen molar-refractivity contribution in [1.82, 2.24) is 9.97 Å². The zero-order valence-corrected chi connectivity index (χ0v) is 9.58. The Morgan fingerprint density at radius 2 is 2.27 bits per heavy atom. The van der Waals surface area contributed by atoms with Crippen LogP contribution in [0.5, 0.6) is 0 Å². The van der Waals surface area contributed by atoms with Crippen LogP contribution in [-0.4, -0.2) is 15.9 Å². The van der Waals surface area contributed by atoms with Crippen molar-refractivity contribution in [3.05, 3.63) is 28.9 Å². The quantitative estimate of drug-likeness (QED) is 0.861. The topological polar surface area (TPSA) is 54.9 Å². The summed E-state index contributed by atoms with van der Waals surface area (Å²) in [4.78, 5) is 19.0. The number of nitrogens with one attached hydrogen (secondary N) is 1. The van der Waals surface area contributed by atoms with Crippen LogP contribution in [0.25, 0.3) is 10.9 Å². The average molecular weight is 266 g/mol. The van der Waals surface area contributed by atoms with Crippen LogP contribution in [0.4, 0.5) is 5.95 Å². The number of nitrogens with zero attached hydrogens (tertiary/aromatic N) is 2. The van der Waals surface area contributed by atoms with E-state index in [1.165, 1.54) is 6.92 Å². The van der Waals surface area contributed by atoms with E-state index in [2.05, 4.69) is 31.2 Å². The molecule has 5 heteroatoms. The van der Waals surface area contributed by atoms with Crippen LogP contribution in [0.2, 0.25) is 0 Å². The number of fused-ring (bicyclic) bond motifs is 1. The first-order valence-electron chi connectivity index (χ1n) is 4.35. The molecule has 0 radical (unpaired) electrons. The van der Waals surface area contributed by atoms with Gasteiger partial charge in [-0.25, -0.2) is 9.97 Å². The van der Waals surface area contributed by atoms with Gasteiger partial charge >= 0.3 is 0 Å². The molecular formula is C10H8BrN3O. The number of benzene rings is 1. The third-order valence-electron chi connectivity index (χ3n) is 1.83. The molecule has 1 heterocycles. The minimum absolute atomic E-state index is 0.175. The number of amides is 1. The molecule has 76 valence electrons. The predicted molar refractivity (Wildman–Crippen MR) is 61.5 cm³/mol. The molecule has 0 aliphatic carbocycles. The lowest BCUT2D eigenvalue weighted by atomic mass is 10.2. The highest BCUT2D eigenvalue weighted by Crippen LogP contribution is 2.18. The lowest BCUT2D eigenvalue weighted by Crippen LogP contribution is -2.08. The molecule has 0 bridgehead atoms. The summed E-state index contributed by atoms with van der Waals surface area (Å²) >= 11 is 3.37. The molecule has 1 amide bonds. The monoisotopic (exact) mass is 265 g/mol. The van der Waals surface area contributed by atoms with Crippen molar-refractivity contribution in [2.75, 3.05) is 5.32 Å². The van der Waals surface area contributed by atoms with Gasteiger partial charge in [0.2, 0.25) is 11.9 Å². The fourth-order valence-electron chi connectivity index (χ4n) is 1.22. The van der Waals surface area contributed by atoms with Gasteiger partial charge < -0.3 is 0 Å². The Labute approximate surface area is 94.9 Å². The van der Waals surface area contributed by atoms with Crippen LogP contribution in [0.1, 0.15) is 6.92 Å². The number of rotatable bonds is 1.